The van der Waals surface area contributed by atoms with Gasteiger partial charge < -0.3 is 0 Å². The van der Waals surface area contributed by atoms with Crippen LogP contribution in [0.25, 0.3) is 55.6 Å². The average Bonchev–Trinajstić information content (AvgIpc) is 1.59. The highest BCUT2D eigenvalue weighted by atomic mass is 14.5. The molecule has 6 aromatic carbocycles. The van der Waals surface area contributed by atoms with E-state index >= 15 is 0 Å². The molecule has 0 nitrogen and oxygen atoms in total. The average molecular weight is 1180 g/mol. The van der Waals surface area contributed by atoms with E-state index in [2.05, 4.69) is 163 Å². The lowest BCUT2D eigenvalue weighted by Gasteiger charge is -2.34. The van der Waals surface area contributed by atoms with Crippen molar-refractivity contribution >= 4 is 0 Å². The molecule has 1 atom stereocenters. The van der Waals surface area contributed by atoms with E-state index in [1.165, 1.54) is 332 Å². The van der Waals surface area contributed by atoms with Gasteiger partial charge in [-0.1, -0.05) is 376 Å². The minimum atomic E-state index is -0.0237. The summed E-state index contributed by atoms with van der Waals surface area (Å²) in [4.78, 5) is 0. The van der Waals surface area contributed by atoms with Gasteiger partial charge in [-0.05, 0) is 152 Å². The Labute approximate surface area is 541 Å². The molecule has 9 rings (SSSR count). The molecular formula is C88H124. The molecule has 0 amide bonds. The third-order valence-electron chi connectivity index (χ3n) is 22.6. The summed E-state index contributed by atoms with van der Waals surface area (Å²) in [6.07, 6.45) is 57.3. The molecule has 0 heteroatoms. The zero-order chi connectivity index (χ0) is 61.3. The number of rotatable bonds is 45. The maximum atomic E-state index is 2.77. The molecule has 0 saturated carbocycles. The quantitative estimate of drug-likeness (QED) is 0.0334. The van der Waals surface area contributed by atoms with Crippen LogP contribution < -0.4 is 0 Å². The Hall–Kier alpha value is -4.68. The van der Waals surface area contributed by atoms with Gasteiger partial charge in [-0.2, -0.15) is 0 Å². The molecule has 0 heterocycles. The van der Waals surface area contributed by atoms with Gasteiger partial charge in [-0.3, -0.25) is 0 Å². The molecule has 0 bridgehead atoms. The van der Waals surface area contributed by atoms with E-state index in [9.17, 15) is 0 Å². The molecular weight excluding hydrogens is 1060 g/mol. The summed E-state index contributed by atoms with van der Waals surface area (Å²) in [6.45, 7) is 14.1. The first-order valence-corrected chi connectivity index (χ1v) is 38.2. The van der Waals surface area contributed by atoms with Crippen LogP contribution in [0.15, 0.2) is 121 Å². The second-order valence-corrected chi connectivity index (χ2v) is 28.8. The van der Waals surface area contributed by atoms with Gasteiger partial charge in [0.25, 0.3) is 0 Å². The van der Waals surface area contributed by atoms with E-state index in [1.807, 2.05) is 0 Å². The highest BCUT2D eigenvalue weighted by Crippen LogP contribution is 2.59. The fraction of sp³-hybridized carbons (Fsp3) is 0.591. The standard InChI is InChI=1S/C88H124/c1-7-13-19-25-31-37-45-63-87(62-44-34-28-22-16-10-4)81-51-41-39-49-75(81)77-57-53-71(67-83(77)87)73-55-59-79-78-58-54-72(68-84(78)88(85(79)69-73,64-46-35-29-23-17-11-5)65-47-36-30-24-18-12-6)70-52-56-76-74-48-38-40-50-80(74)86(82(76)66-70,60-42-32-26-20-14-8-2)61-43-33-27-21-15-9-3/h38-41,48-59,66-69H,7-37,42-47,60-65H2,1-6H3. The summed E-state index contributed by atoms with van der Waals surface area (Å²) in [7, 11) is 0. The molecule has 3 aliphatic carbocycles. The Kier molecular flexibility index (Phi) is 27.1. The van der Waals surface area contributed by atoms with E-state index in [4.69, 9.17) is 0 Å². The molecule has 0 N–H and O–H groups in total. The van der Waals surface area contributed by atoms with Gasteiger partial charge >= 0.3 is 0 Å². The Morgan fingerprint density at radius 1 is 0.182 bits per heavy atom. The van der Waals surface area contributed by atoms with E-state index in [0.717, 1.165) is 0 Å². The van der Waals surface area contributed by atoms with Gasteiger partial charge in [0, 0.05) is 16.2 Å². The number of unbranched alkanes of at least 4 members (excludes halogenated alkanes) is 31. The van der Waals surface area contributed by atoms with Crippen LogP contribution in [-0.4, -0.2) is 0 Å². The molecule has 0 aromatic heterocycles. The van der Waals surface area contributed by atoms with Crippen molar-refractivity contribution in [3.05, 3.63) is 155 Å². The number of hydrogen-bond acceptors (Lipinski definition) is 0. The van der Waals surface area contributed by atoms with Crippen LogP contribution in [-0.2, 0) is 16.2 Å². The molecule has 0 fully saturated rings. The van der Waals surface area contributed by atoms with Crippen molar-refractivity contribution in [1.82, 2.24) is 0 Å². The van der Waals surface area contributed by atoms with Crippen LogP contribution in [0.5, 0.6) is 0 Å². The van der Waals surface area contributed by atoms with Gasteiger partial charge in [0.15, 0.2) is 0 Å². The lowest BCUT2D eigenvalue weighted by atomic mass is 9.69. The Bertz CT molecular complexity index is 2980. The third-order valence-corrected chi connectivity index (χ3v) is 22.6. The van der Waals surface area contributed by atoms with Crippen LogP contribution in [0.1, 0.15) is 351 Å². The first kappa shape index (κ1) is 67.7. The Morgan fingerprint density at radius 2 is 0.364 bits per heavy atom. The van der Waals surface area contributed by atoms with Crippen molar-refractivity contribution in [3.8, 4) is 55.6 Å². The van der Waals surface area contributed by atoms with E-state index < -0.39 is 0 Å². The zero-order valence-corrected chi connectivity index (χ0v) is 57.5. The monoisotopic (exact) mass is 1180 g/mol. The first-order chi connectivity index (χ1) is 43.4. The summed E-state index contributed by atoms with van der Waals surface area (Å²) < 4.78 is 0. The largest absolute Gasteiger partial charge is 0.0654 e. The lowest BCUT2D eigenvalue weighted by Crippen LogP contribution is -2.26. The van der Waals surface area contributed by atoms with Crippen molar-refractivity contribution in [2.75, 3.05) is 0 Å². The minimum absolute atomic E-state index is 0.0237. The van der Waals surface area contributed by atoms with Gasteiger partial charge in [-0.15, -0.1) is 0 Å². The topological polar surface area (TPSA) is 0 Å². The van der Waals surface area contributed by atoms with Gasteiger partial charge in [0.2, 0.25) is 0 Å². The summed E-state index contributed by atoms with van der Waals surface area (Å²) >= 11 is 0. The lowest BCUT2D eigenvalue weighted by molar-refractivity contribution is 0.397. The fourth-order valence-electron chi connectivity index (χ4n) is 17.5. The van der Waals surface area contributed by atoms with Crippen LogP contribution in [0.2, 0.25) is 0 Å². The second-order valence-electron chi connectivity index (χ2n) is 28.8. The summed E-state index contributed by atoms with van der Waals surface area (Å²) in [5.74, 6) is 0. The SMILES string of the molecule is CCCCCCCCCC1(CCCCCCCC)c2ccccc2-c2ccc(-c3ccc4c(c3)C(CCCCCCCC)(CCCCCCCC)c3cc(-c5ccc6c(c5)C(CCCCCCCC)(CCCCCCCC)c5ccccc5-6)ccc3-4)cc21. The van der Waals surface area contributed by atoms with Crippen molar-refractivity contribution in [2.24, 2.45) is 0 Å². The predicted molar refractivity (Wildman–Crippen MR) is 389 cm³/mol. The molecule has 6 aromatic rings. The molecule has 476 valence electrons. The normalized spacial score (nSPS) is 15.5. The van der Waals surface area contributed by atoms with Crippen molar-refractivity contribution < 1.29 is 0 Å². The number of fused-ring (bicyclic) bond motifs is 9. The summed E-state index contributed by atoms with van der Waals surface area (Å²) in [6, 6.07) is 50.8. The maximum Gasteiger partial charge on any atom is 0.0215 e. The van der Waals surface area contributed by atoms with Gasteiger partial charge in [0.05, 0.1) is 0 Å². The fourth-order valence-corrected chi connectivity index (χ4v) is 17.5. The third kappa shape index (κ3) is 16.1. The van der Waals surface area contributed by atoms with Crippen LogP contribution >= 0.6 is 0 Å². The maximum absolute atomic E-state index is 2.77. The second kappa shape index (κ2) is 35.2. The predicted octanol–water partition coefficient (Wildman–Crippen LogP) is 28.7. The highest BCUT2D eigenvalue weighted by Gasteiger charge is 2.46. The summed E-state index contributed by atoms with van der Waals surface area (Å²) in [5.41, 5.74) is 24.6. The first-order valence-electron chi connectivity index (χ1n) is 38.2. The molecule has 0 aliphatic heterocycles. The van der Waals surface area contributed by atoms with E-state index in [0.29, 0.717) is 0 Å². The van der Waals surface area contributed by atoms with Crippen LogP contribution in [0.4, 0.5) is 0 Å². The molecule has 1 unspecified atom stereocenters. The molecule has 0 spiro atoms. The summed E-state index contributed by atoms with van der Waals surface area (Å²) in [5, 5.41) is 0. The Morgan fingerprint density at radius 3 is 0.591 bits per heavy atom. The van der Waals surface area contributed by atoms with Gasteiger partial charge in [0.1, 0.15) is 0 Å². The smallest absolute Gasteiger partial charge is 0.0215 e. The number of benzene rings is 6. The molecule has 88 heavy (non-hydrogen) atoms. The molecule has 3 aliphatic rings. The van der Waals surface area contributed by atoms with Gasteiger partial charge in [-0.25, -0.2) is 0 Å². The minimum Gasteiger partial charge on any atom is -0.0654 e. The highest BCUT2D eigenvalue weighted by molar-refractivity contribution is 5.89. The van der Waals surface area contributed by atoms with Crippen molar-refractivity contribution in [3.63, 3.8) is 0 Å². The van der Waals surface area contributed by atoms with Crippen molar-refractivity contribution in [2.45, 2.75) is 334 Å². The molecule has 0 radical (unpaired) electrons. The Balaban J connectivity index is 1.12. The van der Waals surface area contributed by atoms with Crippen LogP contribution in [0, 0.1) is 0 Å². The van der Waals surface area contributed by atoms with E-state index in [-0.39, 0.29) is 16.2 Å². The molecule has 0 saturated heterocycles. The van der Waals surface area contributed by atoms with Crippen LogP contribution in [0.3, 0.4) is 0 Å². The zero-order valence-electron chi connectivity index (χ0n) is 57.5. The van der Waals surface area contributed by atoms with Crippen molar-refractivity contribution in [1.29, 1.82) is 0 Å². The van der Waals surface area contributed by atoms with E-state index in [1.54, 1.807) is 33.4 Å². The number of hydrogen-bond donors (Lipinski definition) is 0.